The van der Waals surface area contributed by atoms with Crippen LogP contribution in [0.15, 0.2) is 59.3 Å². The fraction of sp³-hybridized carbons (Fsp3) is 0.0625. The van der Waals surface area contributed by atoms with Crippen LogP contribution in [0, 0.1) is 0 Å². The fourth-order valence-electron chi connectivity index (χ4n) is 2.18. The molecule has 3 aromatic rings. The SMILES string of the molecule is Nc1c(-c2cc(Br)ccc2Cl)ncn1Cc1ccccc1. The molecule has 1 heterocycles. The molecule has 0 spiro atoms. The number of hydrogen-bond donors (Lipinski definition) is 1. The Labute approximate surface area is 136 Å². The van der Waals surface area contributed by atoms with Gasteiger partial charge in [-0.15, -0.1) is 0 Å². The smallest absolute Gasteiger partial charge is 0.131 e. The lowest BCUT2D eigenvalue weighted by Gasteiger charge is -2.07. The van der Waals surface area contributed by atoms with Crippen molar-refractivity contribution in [2.45, 2.75) is 6.54 Å². The average Bonchev–Trinajstić information content (AvgIpc) is 2.84. The topological polar surface area (TPSA) is 43.8 Å². The summed E-state index contributed by atoms with van der Waals surface area (Å²) in [5.74, 6) is 0.610. The van der Waals surface area contributed by atoms with Crippen LogP contribution in [0.2, 0.25) is 5.02 Å². The first kappa shape index (κ1) is 14.2. The lowest BCUT2D eigenvalue weighted by atomic mass is 10.1. The van der Waals surface area contributed by atoms with Crippen molar-refractivity contribution in [1.29, 1.82) is 0 Å². The van der Waals surface area contributed by atoms with Gasteiger partial charge in [0.15, 0.2) is 0 Å². The lowest BCUT2D eigenvalue weighted by molar-refractivity contribution is 0.808. The molecule has 2 N–H and O–H groups in total. The van der Waals surface area contributed by atoms with E-state index in [1.807, 2.05) is 41.0 Å². The second kappa shape index (κ2) is 5.92. The molecule has 5 heteroatoms. The molecule has 3 rings (SSSR count). The number of hydrogen-bond acceptors (Lipinski definition) is 2. The molecule has 1 aromatic heterocycles. The highest BCUT2D eigenvalue weighted by atomic mass is 79.9. The van der Waals surface area contributed by atoms with E-state index in [1.165, 1.54) is 5.56 Å². The number of rotatable bonds is 3. The maximum absolute atomic E-state index is 6.25. The van der Waals surface area contributed by atoms with Crippen molar-refractivity contribution in [3.05, 3.63) is 69.9 Å². The number of imidazole rings is 1. The molecule has 0 aliphatic carbocycles. The van der Waals surface area contributed by atoms with E-state index in [0.717, 1.165) is 10.0 Å². The third-order valence-corrected chi connectivity index (χ3v) is 4.08. The molecule has 3 nitrogen and oxygen atoms in total. The Bertz CT molecular complexity index is 768. The van der Waals surface area contributed by atoms with Gasteiger partial charge >= 0.3 is 0 Å². The summed E-state index contributed by atoms with van der Waals surface area (Å²) in [5, 5.41) is 0.634. The van der Waals surface area contributed by atoms with E-state index >= 15 is 0 Å². The zero-order chi connectivity index (χ0) is 14.8. The summed E-state index contributed by atoms with van der Waals surface area (Å²) in [6.07, 6.45) is 1.74. The summed E-state index contributed by atoms with van der Waals surface area (Å²) in [5.41, 5.74) is 8.94. The Morgan fingerprint density at radius 2 is 1.90 bits per heavy atom. The number of benzene rings is 2. The second-order valence-electron chi connectivity index (χ2n) is 4.72. The molecule has 0 amide bonds. The number of halogens is 2. The monoisotopic (exact) mass is 361 g/mol. The van der Waals surface area contributed by atoms with Crippen molar-refractivity contribution in [2.24, 2.45) is 0 Å². The fourth-order valence-corrected chi connectivity index (χ4v) is 2.75. The largest absolute Gasteiger partial charge is 0.383 e. The molecular weight excluding hydrogens is 350 g/mol. The number of anilines is 1. The number of nitrogens with zero attached hydrogens (tertiary/aromatic N) is 2. The van der Waals surface area contributed by atoms with Crippen LogP contribution in [0.25, 0.3) is 11.3 Å². The van der Waals surface area contributed by atoms with Crippen LogP contribution < -0.4 is 5.73 Å². The number of nitrogen functional groups attached to an aromatic ring is 1. The Morgan fingerprint density at radius 1 is 1.14 bits per heavy atom. The first-order valence-corrected chi connectivity index (χ1v) is 7.62. The van der Waals surface area contributed by atoms with Gasteiger partial charge in [0.25, 0.3) is 0 Å². The molecule has 0 saturated heterocycles. The lowest BCUT2D eigenvalue weighted by Crippen LogP contribution is -2.03. The minimum Gasteiger partial charge on any atom is -0.383 e. The number of aromatic nitrogens is 2. The van der Waals surface area contributed by atoms with Crippen LogP contribution in [-0.2, 0) is 6.54 Å². The van der Waals surface area contributed by atoms with Gasteiger partial charge in [-0.2, -0.15) is 0 Å². The van der Waals surface area contributed by atoms with Crippen LogP contribution in [-0.4, -0.2) is 9.55 Å². The molecule has 0 unspecified atom stereocenters. The van der Waals surface area contributed by atoms with E-state index in [0.29, 0.717) is 23.1 Å². The highest BCUT2D eigenvalue weighted by Gasteiger charge is 2.13. The number of nitrogens with two attached hydrogens (primary N) is 1. The van der Waals surface area contributed by atoms with Gasteiger partial charge in [0.05, 0.1) is 17.9 Å². The van der Waals surface area contributed by atoms with Crippen LogP contribution in [0.4, 0.5) is 5.82 Å². The van der Waals surface area contributed by atoms with Gasteiger partial charge in [-0.3, -0.25) is 0 Å². The summed E-state index contributed by atoms with van der Waals surface area (Å²) >= 11 is 9.69. The molecule has 0 radical (unpaired) electrons. The van der Waals surface area contributed by atoms with Gasteiger partial charge in [-0.05, 0) is 23.8 Å². The van der Waals surface area contributed by atoms with Crippen molar-refractivity contribution in [2.75, 3.05) is 5.73 Å². The third kappa shape index (κ3) is 2.96. The molecule has 0 atom stereocenters. The van der Waals surface area contributed by atoms with Gasteiger partial charge in [-0.1, -0.05) is 57.9 Å². The second-order valence-corrected chi connectivity index (χ2v) is 6.04. The highest BCUT2D eigenvalue weighted by molar-refractivity contribution is 9.10. The maximum atomic E-state index is 6.25. The van der Waals surface area contributed by atoms with Crippen molar-refractivity contribution in [3.63, 3.8) is 0 Å². The van der Waals surface area contributed by atoms with E-state index in [9.17, 15) is 0 Å². The Kier molecular flexibility index (Phi) is 3.99. The Balaban J connectivity index is 1.98. The van der Waals surface area contributed by atoms with Crippen LogP contribution in [0.3, 0.4) is 0 Å². The summed E-state index contributed by atoms with van der Waals surface area (Å²) < 4.78 is 2.86. The minimum atomic E-state index is 0.610. The van der Waals surface area contributed by atoms with Gasteiger partial charge in [0, 0.05) is 10.0 Å². The van der Waals surface area contributed by atoms with Crippen LogP contribution >= 0.6 is 27.5 Å². The molecule has 0 aliphatic rings. The molecule has 0 bridgehead atoms. The van der Waals surface area contributed by atoms with E-state index in [-0.39, 0.29) is 0 Å². The highest BCUT2D eigenvalue weighted by Crippen LogP contribution is 2.33. The van der Waals surface area contributed by atoms with Crippen molar-refractivity contribution in [3.8, 4) is 11.3 Å². The summed E-state index contributed by atoms with van der Waals surface area (Å²) in [4.78, 5) is 4.42. The first-order valence-electron chi connectivity index (χ1n) is 6.45. The van der Waals surface area contributed by atoms with E-state index in [2.05, 4.69) is 33.0 Å². The first-order chi connectivity index (χ1) is 10.1. The predicted octanol–water partition coefficient (Wildman–Crippen LogP) is 4.60. The quantitative estimate of drug-likeness (QED) is 0.740. The average molecular weight is 363 g/mol. The Hall–Kier alpha value is -1.78. The Morgan fingerprint density at radius 3 is 2.67 bits per heavy atom. The van der Waals surface area contributed by atoms with E-state index in [1.54, 1.807) is 6.33 Å². The van der Waals surface area contributed by atoms with Gasteiger partial charge in [0.1, 0.15) is 11.5 Å². The third-order valence-electron chi connectivity index (χ3n) is 3.26. The normalized spacial score (nSPS) is 10.8. The van der Waals surface area contributed by atoms with Crippen molar-refractivity contribution in [1.82, 2.24) is 9.55 Å². The van der Waals surface area contributed by atoms with Crippen molar-refractivity contribution < 1.29 is 0 Å². The van der Waals surface area contributed by atoms with Crippen LogP contribution in [0.5, 0.6) is 0 Å². The van der Waals surface area contributed by atoms with E-state index < -0.39 is 0 Å². The molecule has 0 saturated carbocycles. The van der Waals surface area contributed by atoms with Crippen molar-refractivity contribution >= 4 is 33.3 Å². The zero-order valence-corrected chi connectivity index (χ0v) is 13.5. The summed E-state index contributed by atoms with van der Waals surface area (Å²) in [6, 6.07) is 15.8. The summed E-state index contributed by atoms with van der Waals surface area (Å²) in [6.45, 7) is 0.686. The van der Waals surface area contributed by atoms with Gasteiger partial charge in [-0.25, -0.2) is 4.98 Å². The van der Waals surface area contributed by atoms with Gasteiger partial charge in [0.2, 0.25) is 0 Å². The zero-order valence-electron chi connectivity index (χ0n) is 11.1. The molecular formula is C16H13BrClN3. The van der Waals surface area contributed by atoms with E-state index in [4.69, 9.17) is 17.3 Å². The standard InChI is InChI=1S/C16H13BrClN3/c17-12-6-7-14(18)13(8-12)15-16(19)21(10-20-15)9-11-4-2-1-3-5-11/h1-8,10H,9,19H2. The maximum Gasteiger partial charge on any atom is 0.131 e. The molecule has 2 aromatic carbocycles. The molecule has 0 aliphatic heterocycles. The molecule has 106 valence electrons. The molecule has 0 fully saturated rings. The predicted molar refractivity (Wildman–Crippen MR) is 90.3 cm³/mol. The molecule has 21 heavy (non-hydrogen) atoms. The summed E-state index contributed by atoms with van der Waals surface area (Å²) in [7, 11) is 0. The van der Waals surface area contributed by atoms with Gasteiger partial charge < -0.3 is 10.3 Å². The minimum absolute atomic E-state index is 0.610. The van der Waals surface area contributed by atoms with Crippen LogP contribution in [0.1, 0.15) is 5.56 Å².